The van der Waals surface area contributed by atoms with Crippen molar-refractivity contribution in [3.05, 3.63) is 34.5 Å². The van der Waals surface area contributed by atoms with Gasteiger partial charge in [0.2, 0.25) is 5.88 Å². The molecule has 1 amide bonds. The van der Waals surface area contributed by atoms with Gasteiger partial charge in [-0.1, -0.05) is 0 Å². The molecule has 4 aromatic rings. The number of nitrogens with zero attached hydrogens (tertiary/aromatic N) is 5. The number of rotatable bonds is 5. The summed E-state index contributed by atoms with van der Waals surface area (Å²) in [5, 5.41) is 23.6. The number of likely N-dealkylation sites (tertiary alicyclic amines) is 1. The monoisotopic (exact) mass is 642 g/mol. The van der Waals surface area contributed by atoms with Crippen molar-refractivity contribution in [3.8, 4) is 29.2 Å². The molecule has 1 saturated heterocycles. The number of aromatic hydroxyl groups is 1. The summed E-state index contributed by atoms with van der Waals surface area (Å²) < 4.78 is 62.6. The van der Waals surface area contributed by atoms with E-state index in [2.05, 4.69) is 20.3 Å². The van der Waals surface area contributed by atoms with E-state index in [0.29, 0.717) is 11.1 Å². The van der Waals surface area contributed by atoms with Gasteiger partial charge >= 0.3 is 12.1 Å². The van der Waals surface area contributed by atoms with Crippen LogP contribution in [0.3, 0.4) is 0 Å². The van der Waals surface area contributed by atoms with E-state index in [0.717, 1.165) is 17.5 Å². The molecule has 0 saturated carbocycles. The van der Waals surface area contributed by atoms with Crippen molar-refractivity contribution in [2.45, 2.75) is 71.2 Å². The van der Waals surface area contributed by atoms with Crippen LogP contribution in [0.1, 0.15) is 50.8 Å². The first-order valence-corrected chi connectivity index (χ1v) is 14.9. The number of benzene rings is 1. The molecule has 45 heavy (non-hydrogen) atoms. The lowest BCUT2D eigenvalue weighted by molar-refractivity contribution is 0.0636. The highest BCUT2D eigenvalue weighted by Crippen LogP contribution is 2.47. The molecule has 0 aliphatic carbocycles. The maximum absolute atomic E-state index is 16.7. The molecule has 15 heteroatoms. The van der Waals surface area contributed by atoms with Crippen LogP contribution in [0.25, 0.3) is 32.2 Å². The summed E-state index contributed by atoms with van der Waals surface area (Å²) in [5.41, 5.74) is -0.734. The summed E-state index contributed by atoms with van der Waals surface area (Å²) in [4.78, 5) is 26.9. The minimum Gasteiger partial charge on any atom is -0.493 e. The number of amides is 1. The van der Waals surface area contributed by atoms with Crippen LogP contribution in [0, 0.1) is 23.0 Å². The van der Waals surface area contributed by atoms with Gasteiger partial charge in [-0.2, -0.15) is 15.2 Å². The summed E-state index contributed by atoms with van der Waals surface area (Å²) in [6, 6.07) is 1.37. The molecule has 0 spiro atoms. The summed E-state index contributed by atoms with van der Waals surface area (Å²) >= 11 is 0.786. The molecule has 1 fully saturated rings. The zero-order valence-electron chi connectivity index (χ0n) is 25.0. The number of fused-ring (bicyclic) bond motifs is 4. The number of carbonyl (C=O) groups excluding carboxylic acids is 1. The zero-order valence-corrected chi connectivity index (χ0v) is 25.8. The number of nitrogens with one attached hydrogen (secondary N) is 1. The van der Waals surface area contributed by atoms with Crippen LogP contribution in [-0.2, 0) is 22.7 Å². The van der Waals surface area contributed by atoms with E-state index in [1.165, 1.54) is 0 Å². The highest BCUT2D eigenvalue weighted by molar-refractivity contribution is 7.23. The Kier molecular flexibility index (Phi) is 7.70. The van der Waals surface area contributed by atoms with Gasteiger partial charge in [-0.15, -0.1) is 11.3 Å². The highest BCUT2D eigenvalue weighted by Gasteiger charge is 2.36. The molecule has 0 radical (unpaired) electrons. The molecule has 3 aromatic heterocycles. The van der Waals surface area contributed by atoms with Crippen LogP contribution < -0.4 is 10.1 Å². The number of hydrogen-bond donors (Lipinski definition) is 2. The summed E-state index contributed by atoms with van der Waals surface area (Å²) in [6.45, 7) is 6.88. The fourth-order valence-electron chi connectivity index (χ4n) is 5.90. The summed E-state index contributed by atoms with van der Waals surface area (Å²) in [5.74, 6) is -2.24. The van der Waals surface area contributed by atoms with Crippen molar-refractivity contribution < 1.29 is 37.3 Å². The molecule has 2 aliphatic heterocycles. The van der Waals surface area contributed by atoms with Gasteiger partial charge in [0.25, 0.3) is 0 Å². The molecular formula is C30H29F3N6O5S. The smallest absolute Gasteiger partial charge is 0.412 e. The van der Waals surface area contributed by atoms with Crippen molar-refractivity contribution in [2.75, 3.05) is 18.9 Å². The standard InChI is InChI=1S/C30H29F3N6O5S/c1-12(18-6-13(31)9-39(18)5)43-28-36-24-21(26(40)37-28)16-11-42-10-15(16)19(22(24)33)23-20-14(7-34)27(38-29(41)44-30(2,3)4)45-25(20)17(32)8-35-23/h8,12-13,18H,6,9-11H2,1-5H3,(H,38,41)(H,36,37,40)/t12-,13+,18-/m0/s1. The third kappa shape index (κ3) is 5.47. The average Bonchev–Trinajstić information content (AvgIpc) is 3.65. The second-order valence-electron chi connectivity index (χ2n) is 12.1. The molecule has 6 rings (SSSR count). The number of aromatic nitrogens is 3. The highest BCUT2D eigenvalue weighted by atomic mass is 32.1. The molecule has 5 heterocycles. The van der Waals surface area contributed by atoms with Crippen LogP contribution in [-0.4, -0.2) is 68.6 Å². The first-order chi connectivity index (χ1) is 21.3. The molecule has 2 N–H and O–H groups in total. The molecule has 1 aromatic carbocycles. The van der Waals surface area contributed by atoms with E-state index in [4.69, 9.17) is 14.2 Å². The van der Waals surface area contributed by atoms with Crippen LogP contribution in [0.4, 0.5) is 23.0 Å². The molecule has 0 unspecified atom stereocenters. The fraction of sp³-hybridized carbons (Fsp3) is 0.433. The van der Waals surface area contributed by atoms with Gasteiger partial charge in [0.05, 0.1) is 40.8 Å². The second-order valence-corrected chi connectivity index (χ2v) is 13.1. The Bertz CT molecular complexity index is 1910. The van der Waals surface area contributed by atoms with Crippen LogP contribution >= 0.6 is 11.3 Å². The number of ether oxygens (including phenoxy) is 3. The zero-order chi connectivity index (χ0) is 32.4. The lowest BCUT2D eigenvalue weighted by atomic mass is 9.93. The van der Waals surface area contributed by atoms with Crippen molar-refractivity contribution in [2.24, 2.45) is 0 Å². The molecule has 11 nitrogen and oxygen atoms in total. The number of nitriles is 1. The number of hydrogen-bond acceptors (Lipinski definition) is 11. The average molecular weight is 643 g/mol. The minimum absolute atomic E-state index is 0.000958. The van der Waals surface area contributed by atoms with E-state index in [1.807, 2.05) is 11.0 Å². The number of pyridine rings is 1. The van der Waals surface area contributed by atoms with Crippen LogP contribution in [0.15, 0.2) is 6.20 Å². The first kappa shape index (κ1) is 30.8. The molecule has 2 aliphatic rings. The maximum atomic E-state index is 16.7. The largest absolute Gasteiger partial charge is 0.493 e. The predicted molar refractivity (Wildman–Crippen MR) is 159 cm³/mol. The van der Waals surface area contributed by atoms with E-state index < -0.39 is 41.5 Å². The van der Waals surface area contributed by atoms with Crippen molar-refractivity contribution in [1.82, 2.24) is 19.9 Å². The van der Waals surface area contributed by atoms with E-state index >= 15 is 8.78 Å². The van der Waals surface area contributed by atoms with E-state index in [-0.39, 0.29) is 81.0 Å². The topological polar surface area (TPSA) is 143 Å². The fourth-order valence-corrected chi connectivity index (χ4v) is 6.94. The Morgan fingerprint density at radius 2 is 2.00 bits per heavy atom. The second kappa shape index (κ2) is 11.3. The van der Waals surface area contributed by atoms with Gasteiger partial charge in [0, 0.05) is 23.5 Å². The van der Waals surface area contributed by atoms with Gasteiger partial charge in [0.15, 0.2) is 11.6 Å². The normalized spacial score (nSPS) is 19.1. The van der Waals surface area contributed by atoms with Gasteiger partial charge in [-0.05, 0) is 52.3 Å². The van der Waals surface area contributed by atoms with Crippen molar-refractivity contribution in [3.63, 3.8) is 0 Å². The Hall–Kier alpha value is -4.26. The van der Waals surface area contributed by atoms with Crippen LogP contribution in [0.5, 0.6) is 11.9 Å². The van der Waals surface area contributed by atoms with Crippen molar-refractivity contribution >= 4 is 43.4 Å². The lowest BCUT2D eigenvalue weighted by Crippen LogP contribution is -2.38. The number of likely N-dealkylation sites (N-methyl/N-ethyl adjacent to an activating group) is 1. The molecular weight excluding hydrogens is 613 g/mol. The Morgan fingerprint density at radius 3 is 2.67 bits per heavy atom. The number of anilines is 1. The number of halogens is 3. The SMILES string of the molecule is C[C@H](Oc1nc(O)c2c3c(c(-c4ncc(F)c5sc(NC(=O)OC(C)(C)C)c(C#N)c45)c(F)c2n1)COC3)[C@@H]1C[C@@H](F)CN1C. The molecule has 0 bridgehead atoms. The first-order valence-electron chi connectivity index (χ1n) is 14.1. The van der Waals surface area contributed by atoms with E-state index in [1.54, 1.807) is 34.7 Å². The summed E-state index contributed by atoms with van der Waals surface area (Å²) in [7, 11) is 1.77. The number of thiophene rings is 1. The predicted octanol–water partition coefficient (Wildman–Crippen LogP) is 5.95. The molecule has 3 atom stereocenters. The Labute approximate surface area is 259 Å². The van der Waals surface area contributed by atoms with Gasteiger partial charge in [0.1, 0.15) is 34.5 Å². The van der Waals surface area contributed by atoms with Gasteiger partial charge in [-0.25, -0.2) is 18.0 Å². The number of carbonyl (C=O) groups is 1. The van der Waals surface area contributed by atoms with Gasteiger partial charge in [-0.3, -0.25) is 15.2 Å². The van der Waals surface area contributed by atoms with E-state index in [9.17, 15) is 19.6 Å². The Morgan fingerprint density at radius 1 is 1.27 bits per heavy atom. The number of alkyl halides is 1. The molecule has 236 valence electrons. The Balaban J connectivity index is 1.51. The third-order valence-corrected chi connectivity index (χ3v) is 8.89. The van der Waals surface area contributed by atoms with Crippen molar-refractivity contribution in [1.29, 1.82) is 5.26 Å². The third-order valence-electron chi connectivity index (χ3n) is 7.77. The maximum Gasteiger partial charge on any atom is 0.412 e. The van der Waals surface area contributed by atoms with Gasteiger partial charge < -0.3 is 19.3 Å². The van der Waals surface area contributed by atoms with Crippen LogP contribution in [0.2, 0.25) is 0 Å². The lowest BCUT2D eigenvalue weighted by Gasteiger charge is -2.25. The summed E-state index contributed by atoms with van der Waals surface area (Å²) in [6.07, 6.45) is -1.32. The quantitative estimate of drug-likeness (QED) is 0.268. The minimum atomic E-state index is -1.02.